The first-order valence-electron chi connectivity index (χ1n) is 7.28. The number of carbonyl (C=O) groups is 1. The van der Waals surface area contributed by atoms with Crippen molar-refractivity contribution in [2.75, 3.05) is 18.4 Å². The zero-order valence-corrected chi connectivity index (χ0v) is 13.1. The van der Waals surface area contributed by atoms with E-state index >= 15 is 0 Å². The Balaban J connectivity index is 1.74. The minimum Gasteiger partial charge on any atom is -0.339 e. The highest BCUT2D eigenvalue weighted by Crippen LogP contribution is 2.24. The Kier molecular flexibility index (Phi) is 4.24. The lowest BCUT2D eigenvalue weighted by atomic mass is 10.2. The van der Waals surface area contributed by atoms with Crippen molar-refractivity contribution >= 4 is 29.1 Å². The first kappa shape index (κ1) is 14.8. The molecule has 0 atom stereocenters. The van der Waals surface area contributed by atoms with Crippen LogP contribution in [0.15, 0.2) is 30.6 Å². The Morgan fingerprint density at radius 2 is 1.91 bits per heavy atom. The minimum atomic E-state index is 0.00276. The third-order valence-electron chi connectivity index (χ3n) is 3.81. The van der Waals surface area contributed by atoms with Crippen LogP contribution in [0, 0.1) is 6.92 Å². The molecule has 0 saturated carbocycles. The molecule has 0 unspecified atom stereocenters. The fourth-order valence-corrected chi connectivity index (χ4v) is 2.64. The van der Waals surface area contributed by atoms with Crippen LogP contribution < -0.4 is 5.32 Å². The molecule has 2 aromatic rings. The number of hydrogen-bond donors (Lipinski definition) is 1. The van der Waals surface area contributed by atoms with Crippen molar-refractivity contribution in [3.63, 3.8) is 0 Å². The van der Waals surface area contributed by atoms with Crippen LogP contribution in [0.2, 0.25) is 5.02 Å². The predicted octanol–water partition coefficient (Wildman–Crippen LogP) is 3.42. The minimum absolute atomic E-state index is 0.00276. The number of amides is 1. The van der Waals surface area contributed by atoms with Gasteiger partial charge >= 0.3 is 0 Å². The van der Waals surface area contributed by atoms with E-state index < -0.39 is 0 Å². The number of aromatic nitrogens is 2. The number of hydrogen-bond acceptors (Lipinski definition) is 4. The number of rotatable bonds is 3. The Bertz CT molecular complexity index is 681. The van der Waals surface area contributed by atoms with Crippen LogP contribution in [0.1, 0.15) is 28.8 Å². The molecule has 1 amide bonds. The topological polar surface area (TPSA) is 58.1 Å². The summed E-state index contributed by atoms with van der Waals surface area (Å²) in [6, 6.07) is 5.61. The number of carbonyl (C=O) groups excluding carboxylic acids is 1. The monoisotopic (exact) mass is 316 g/mol. The summed E-state index contributed by atoms with van der Waals surface area (Å²) in [6.07, 6.45) is 5.27. The lowest BCUT2D eigenvalue weighted by Gasteiger charge is -2.15. The van der Waals surface area contributed by atoms with Crippen LogP contribution in [-0.2, 0) is 0 Å². The van der Waals surface area contributed by atoms with E-state index in [0.717, 1.165) is 37.2 Å². The van der Waals surface area contributed by atoms with Gasteiger partial charge in [-0.2, -0.15) is 0 Å². The summed E-state index contributed by atoms with van der Waals surface area (Å²) < 4.78 is 0. The van der Waals surface area contributed by atoms with Crippen LogP contribution >= 0.6 is 11.6 Å². The zero-order valence-electron chi connectivity index (χ0n) is 12.3. The van der Waals surface area contributed by atoms with E-state index in [0.29, 0.717) is 16.5 Å². The molecule has 1 N–H and O–H groups in total. The van der Waals surface area contributed by atoms with E-state index in [4.69, 9.17) is 11.6 Å². The summed E-state index contributed by atoms with van der Waals surface area (Å²) in [4.78, 5) is 22.5. The van der Waals surface area contributed by atoms with Gasteiger partial charge in [-0.3, -0.25) is 4.79 Å². The third-order valence-corrected chi connectivity index (χ3v) is 4.22. The first-order valence-corrected chi connectivity index (χ1v) is 7.66. The third kappa shape index (κ3) is 3.04. The summed E-state index contributed by atoms with van der Waals surface area (Å²) >= 11 is 6.09. The highest BCUT2D eigenvalue weighted by atomic mass is 35.5. The number of likely N-dealkylation sites (tertiary alicyclic amines) is 1. The van der Waals surface area contributed by atoms with Crippen molar-refractivity contribution in [3.05, 3.63) is 46.7 Å². The summed E-state index contributed by atoms with van der Waals surface area (Å²) in [7, 11) is 0. The fraction of sp³-hybridized carbons (Fsp3) is 0.312. The van der Waals surface area contributed by atoms with Crippen molar-refractivity contribution < 1.29 is 4.79 Å². The Morgan fingerprint density at radius 3 is 2.59 bits per heavy atom. The van der Waals surface area contributed by atoms with Crippen molar-refractivity contribution in [2.24, 2.45) is 0 Å². The maximum atomic E-state index is 12.2. The smallest absolute Gasteiger partial charge is 0.256 e. The second-order valence-corrected chi connectivity index (χ2v) is 5.74. The van der Waals surface area contributed by atoms with Gasteiger partial charge in [0.15, 0.2) is 0 Å². The molecule has 0 aliphatic carbocycles. The molecular weight excluding hydrogens is 300 g/mol. The number of anilines is 2. The second kappa shape index (κ2) is 6.32. The Hall–Kier alpha value is -2.14. The molecule has 1 saturated heterocycles. The van der Waals surface area contributed by atoms with E-state index in [1.54, 1.807) is 12.4 Å². The number of halogens is 1. The molecule has 1 aromatic carbocycles. The average Bonchev–Trinajstić information content (AvgIpc) is 3.06. The van der Waals surface area contributed by atoms with Crippen LogP contribution in [0.4, 0.5) is 11.6 Å². The summed E-state index contributed by atoms with van der Waals surface area (Å²) in [5.41, 5.74) is 2.31. The maximum Gasteiger partial charge on any atom is 0.256 e. The van der Waals surface area contributed by atoms with E-state index in [9.17, 15) is 4.79 Å². The standard InChI is InChI=1S/C16H17ClN4O/c1-11-13(17)5-4-6-14(11)20-16-18-9-12(10-19-16)15(22)21-7-2-3-8-21/h4-6,9-10H,2-3,7-8H2,1H3,(H,18,19,20). The fourth-order valence-electron chi connectivity index (χ4n) is 2.47. The molecule has 0 spiro atoms. The van der Waals surface area contributed by atoms with Gasteiger partial charge in [0, 0.05) is 36.2 Å². The van der Waals surface area contributed by atoms with Gasteiger partial charge in [0.1, 0.15) is 0 Å². The van der Waals surface area contributed by atoms with Gasteiger partial charge in [-0.05, 0) is 37.5 Å². The van der Waals surface area contributed by atoms with Crippen molar-refractivity contribution in [2.45, 2.75) is 19.8 Å². The van der Waals surface area contributed by atoms with Gasteiger partial charge in [-0.15, -0.1) is 0 Å². The van der Waals surface area contributed by atoms with Crippen LogP contribution in [0.5, 0.6) is 0 Å². The second-order valence-electron chi connectivity index (χ2n) is 5.33. The van der Waals surface area contributed by atoms with Crippen molar-refractivity contribution in [3.8, 4) is 0 Å². The Morgan fingerprint density at radius 1 is 1.23 bits per heavy atom. The maximum absolute atomic E-state index is 12.2. The van der Waals surface area contributed by atoms with E-state index in [2.05, 4.69) is 15.3 Å². The molecule has 1 aliphatic heterocycles. The number of benzene rings is 1. The molecule has 114 valence electrons. The molecule has 1 fully saturated rings. The molecule has 6 heteroatoms. The quantitative estimate of drug-likeness (QED) is 0.942. The van der Waals surface area contributed by atoms with Crippen LogP contribution in [0.3, 0.4) is 0 Å². The first-order chi connectivity index (χ1) is 10.6. The Labute approximate surface area is 134 Å². The van der Waals surface area contributed by atoms with Gasteiger partial charge in [0.25, 0.3) is 5.91 Å². The van der Waals surface area contributed by atoms with Gasteiger partial charge in [0.2, 0.25) is 5.95 Å². The summed E-state index contributed by atoms with van der Waals surface area (Å²) in [5.74, 6) is 0.450. The summed E-state index contributed by atoms with van der Waals surface area (Å²) in [5, 5.41) is 3.80. The molecule has 0 radical (unpaired) electrons. The van der Waals surface area contributed by atoms with Crippen molar-refractivity contribution in [1.29, 1.82) is 0 Å². The van der Waals surface area contributed by atoms with Crippen molar-refractivity contribution in [1.82, 2.24) is 14.9 Å². The van der Waals surface area contributed by atoms with Gasteiger partial charge in [-0.25, -0.2) is 9.97 Å². The molecule has 3 rings (SSSR count). The average molecular weight is 317 g/mol. The molecular formula is C16H17ClN4O. The SMILES string of the molecule is Cc1c(Cl)cccc1Nc1ncc(C(=O)N2CCCC2)cn1. The van der Waals surface area contributed by atoms with E-state index in [1.807, 2.05) is 30.0 Å². The normalized spacial score (nSPS) is 14.2. The molecule has 1 aliphatic rings. The van der Waals surface area contributed by atoms with Gasteiger partial charge < -0.3 is 10.2 Å². The number of nitrogens with zero attached hydrogens (tertiary/aromatic N) is 3. The lowest BCUT2D eigenvalue weighted by Crippen LogP contribution is -2.27. The van der Waals surface area contributed by atoms with E-state index in [1.165, 1.54) is 0 Å². The lowest BCUT2D eigenvalue weighted by molar-refractivity contribution is 0.0792. The molecule has 22 heavy (non-hydrogen) atoms. The van der Waals surface area contributed by atoms with Gasteiger partial charge in [0.05, 0.1) is 5.56 Å². The molecule has 5 nitrogen and oxygen atoms in total. The number of nitrogens with one attached hydrogen (secondary N) is 1. The van der Waals surface area contributed by atoms with Gasteiger partial charge in [-0.1, -0.05) is 17.7 Å². The predicted molar refractivity (Wildman–Crippen MR) is 86.6 cm³/mol. The van der Waals surface area contributed by atoms with E-state index in [-0.39, 0.29) is 5.91 Å². The highest BCUT2D eigenvalue weighted by Gasteiger charge is 2.20. The zero-order chi connectivity index (χ0) is 15.5. The highest BCUT2D eigenvalue weighted by molar-refractivity contribution is 6.31. The molecule has 2 heterocycles. The van der Waals surface area contributed by atoms with Crippen LogP contribution in [-0.4, -0.2) is 33.9 Å². The largest absolute Gasteiger partial charge is 0.339 e. The molecule has 0 bridgehead atoms. The summed E-state index contributed by atoms with van der Waals surface area (Å²) in [6.45, 7) is 3.57. The molecule has 1 aromatic heterocycles. The van der Waals surface area contributed by atoms with Crippen LogP contribution in [0.25, 0.3) is 0 Å².